The third-order valence-electron chi connectivity index (χ3n) is 3.33. The number of hydrogen-bond donors (Lipinski definition) is 1. The normalized spacial score (nSPS) is 10.7. The Balaban J connectivity index is 1.94. The Kier molecular flexibility index (Phi) is 3.92. The third kappa shape index (κ3) is 2.98. The van der Waals surface area contributed by atoms with Crippen LogP contribution in [-0.2, 0) is 0 Å². The minimum Gasteiger partial charge on any atom is -0.476 e. The van der Waals surface area contributed by atoms with E-state index in [1.165, 1.54) is 0 Å². The minimum absolute atomic E-state index is 0.277. The molecule has 0 spiro atoms. The van der Waals surface area contributed by atoms with Crippen molar-refractivity contribution >= 4 is 17.2 Å². The van der Waals surface area contributed by atoms with Crippen LogP contribution in [0.5, 0.6) is 5.88 Å². The predicted molar refractivity (Wildman–Crippen MR) is 85.8 cm³/mol. The van der Waals surface area contributed by atoms with Gasteiger partial charge in [-0.3, -0.25) is 4.79 Å². The number of anilines is 1. The van der Waals surface area contributed by atoms with Gasteiger partial charge in [-0.1, -0.05) is 0 Å². The summed E-state index contributed by atoms with van der Waals surface area (Å²) >= 11 is 0. The van der Waals surface area contributed by atoms with E-state index in [2.05, 4.69) is 20.4 Å². The van der Waals surface area contributed by atoms with Crippen molar-refractivity contribution in [1.29, 1.82) is 0 Å². The fourth-order valence-electron chi connectivity index (χ4n) is 2.25. The average Bonchev–Trinajstić information content (AvgIpc) is 2.96. The molecule has 3 heterocycles. The lowest BCUT2D eigenvalue weighted by Gasteiger charge is -2.12. The second kappa shape index (κ2) is 6.04. The molecule has 0 unspecified atom stereocenters. The highest BCUT2D eigenvalue weighted by Gasteiger charge is 2.15. The largest absolute Gasteiger partial charge is 0.476 e. The summed E-state index contributed by atoms with van der Waals surface area (Å²) < 4.78 is 7.03. The Bertz CT molecular complexity index is 872. The number of rotatable bonds is 4. The van der Waals surface area contributed by atoms with E-state index in [0.29, 0.717) is 35.1 Å². The van der Waals surface area contributed by atoms with Crippen LogP contribution in [0.3, 0.4) is 0 Å². The highest BCUT2D eigenvalue weighted by atomic mass is 16.5. The highest BCUT2D eigenvalue weighted by Crippen LogP contribution is 2.23. The molecule has 3 aromatic rings. The maximum atomic E-state index is 12.6. The van der Waals surface area contributed by atoms with Gasteiger partial charge in [-0.15, -0.1) is 0 Å². The van der Waals surface area contributed by atoms with Crippen molar-refractivity contribution in [2.45, 2.75) is 20.8 Å². The molecule has 118 valence electrons. The second-order valence-corrected chi connectivity index (χ2v) is 5.13. The van der Waals surface area contributed by atoms with Gasteiger partial charge in [0, 0.05) is 18.5 Å². The van der Waals surface area contributed by atoms with Crippen LogP contribution in [-0.4, -0.2) is 32.1 Å². The van der Waals surface area contributed by atoms with Crippen molar-refractivity contribution < 1.29 is 9.53 Å². The van der Waals surface area contributed by atoms with Crippen LogP contribution >= 0.6 is 0 Å². The molecule has 0 saturated carbocycles. The van der Waals surface area contributed by atoms with Gasteiger partial charge in [-0.25, -0.2) is 14.5 Å². The van der Waals surface area contributed by atoms with Gasteiger partial charge >= 0.3 is 0 Å². The van der Waals surface area contributed by atoms with Crippen LogP contribution in [0.25, 0.3) is 5.65 Å². The van der Waals surface area contributed by atoms with Crippen LogP contribution in [0.15, 0.2) is 30.7 Å². The second-order valence-electron chi connectivity index (χ2n) is 5.13. The number of carbonyl (C=O) groups is 1. The molecule has 3 rings (SSSR count). The molecule has 3 aromatic heterocycles. The minimum atomic E-state index is -0.277. The van der Waals surface area contributed by atoms with Gasteiger partial charge in [-0.2, -0.15) is 5.10 Å². The van der Waals surface area contributed by atoms with Crippen molar-refractivity contribution in [3.63, 3.8) is 0 Å². The zero-order valence-electron chi connectivity index (χ0n) is 13.2. The Morgan fingerprint density at radius 3 is 3.00 bits per heavy atom. The fourth-order valence-corrected chi connectivity index (χ4v) is 2.25. The zero-order valence-corrected chi connectivity index (χ0v) is 13.2. The summed E-state index contributed by atoms with van der Waals surface area (Å²) in [6, 6.07) is 3.61. The van der Waals surface area contributed by atoms with Crippen LogP contribution in [0.2, 0.25) is 0 Å². The molecule has 1 amide bonds. The van der Waals surface area contributed by atoms with Crippen LogP contribution in [0.1, 0.15) is 28.5 Å². The Morgan fingerprint density at radius 2 is 2.22 bits per heavy atom. The number of aromatic nitrogens is 4. The number of nitrogens with one attached hydrogen (secondary N) is 1. The summed E-state index contributed by atoms with van der Waals surface area (Å²) in [5.74, 6) is 0.123. The van der Waals surface area contributed by atoms with Gasteiger partial charge in [0.2, 0.25) is 5.88 Å². The maximum Gasteiger partial charge on any atom is 0.259 e. The first-order valence-corrected chi connectivity index (χ1v) is 7.30. The Hall–Kier alpha value is -2.96. The molecule has 0 aliphatic rings. The average molecular weight is 311 g/mol. The van der Waals surface area contributed by atoms with E-state index >= 15 is 0 Å². The summed E-state index contributed by atoms with van der Waals surface area (Å²) in [4.78, 5) is 21.2. The number of nitrogens with zero attached hydrogens (tertiary/aromatic N) is 4. The van der Waals surface area contributed by atoms with Crippen LogP contribution in [0.4, 0.5) is 5.69 Å². The van der Waals surface area contributed by atoms with Gasteiger partial charge in [0.25, 0.3) is 5.91 Å². The molecule has 7 heteroatoms. The van der Waals surface area contributed by atoms with E-state index in [0.717, 1.165) is 5.56 Å². The lowest BCUT2D eigenvalue weighted by Crippen LogP contribution is -2.16. The Labute approximate surface area is 133 Å². The van der Waals surface area contributed by atoms with Gasteiger partial charge in [-0.05, 0) is 32.4 Å². The van der Waals surface area contributed by atoms with E-state index in [1.807, 2.05) is 19.9 Å². The van der Waals surface area contributed by atoms with E-state index in [-0.39, 0.29) is 5.91 Å². The number of fused-ring (bicyclic) bond motifs is 1. The lowest BCUT2D eigenvalue weighted by molar-refractivity contribution is 0.102. The molecule has 0 atom stereocenters. The summed E-state index contributed by atoms with van der Waals surface area (Å²) in [7, 11) is 0. The molecule has 0 aliphatic carbocycles. The predicted octanol–water partition coefficient (Wildman–Crippen LogP) is 2.39. The first-order chi connectivity index (χ1) is 11.1. The molecule has 7 nitrogen and oxygen atoms in total. The van der Waals surface area contributed by atoms with Crippen molar-refractivity contribution in [2.75, 3.05) is 11.9 Å². The number of ether oxygens (including phenoxy) is 1. The molecule has 1 N–H and O–H groups in total. The SMILES string of the molecule is CCOc1ncc(C)cc1NC(=O)c1cn2nccc2nc1C. The molecule has 0 bridgehead atoms. The number of pyridine rings is 1. The molecule has 0 saturated heterocycles. The van der Waals surface area contributed by atoms with Crippen molar-refractivity contribution in [3.05, 3.63) is 47.5 Å². The molecule has 0 aromatic carbocycles. The lowest BCUT2D eigenvalue weighted by atomic mass is 10.2. The smallest absolute Gasteiger partial charge is 0.259 e. The summed E-state index contributed by atoms with van der Waals surface area (Å²) in [5.41, 5.74) is 3.25. The molecular weight excluding hydrogens is 294 g/mol. The summed E-state index contributed by atoms with van der Waals surface area (Å²) in [5, 5.41) is 6.95. The van der Waals surface area contributed by atoms with Gasteiger partial charge in [0.1, 0.15) is 5.69 Å². The van der Waals surface area contributed by atoms with Gasteiger partial charge in [0.15, 0.2) is 5.65 Å². The quantitative estimate of drug-likeness (QED) is 0.800. The number of hydrogen-bond acceptors (Lipinski definition) is 5. The van der Waals surface area contributed by atoms with Crippen LogP contribution < -0.4 is 10.1 Å². The van der Waals surface area contributed by atoms with E-state index in [1.54, 1.807) is 36.1 Å². The third-order valence-corrected chi connectivity index (χ3v) is 3.33. The number of amides is 1. The highest BCUT2D eigenvalue weighted by molar-refractivity contribution is 6.05. The van der Waals surface area contributed by atoms with Crippen molar-refractivity contribution in [3.8, 4) is 5.88 Å². The summed E-state index contributed by atoms with van der Waals surface area (Å²) in [6.45, 7) is 6.03. The van der Waals surface area contributed by atoms with E-state index < -0.39 is 0 Å². The zero-order chi connectivity index (χ0) is 16.4. The first kappa shape index (κ1) is 15.0. The molecular formula is C16H17N5O2. The fraction of sp³-hybridized carbons (Fsp3) is 0.250. The van der Waals surface area contributed by atoms with Gasteiger partial charge in [0.05, 0.1) is 24.1 Å². The summed E-state index contributed by atoms with van der Waals surface area (Å²) in [6.07, 6.45) is 5.00. The Morgan fingerprint density at radius 1 is 1.39 bits per heavy atom. The molecule has 23 heavy (non-hydrogen) atoms. The first-order valence-electron chi connectivity index (χ1n) is 7.30. The molecule has 0 fully saturated rings. The number of carbonyl (C=O) groups excluding carboxylic acids is 1. The van der Waals surface area contributed by atoms with E-state index in [9.17, 15) is 4.79 Å². The molecule has 0 radical (unpaired) electrons. The van der Waals surface area contributed by atoms with Crippen molar-refractivity contribution in [1.82, 2.24) is 19.6 Å². The van der Waals surface area contributed by atoms with Crippen LogP contribution in [0, 0.1) is 13.8 Å². The molecule has 0 aliphatic heterocycles. The standard InChI is InChI=1S/C16H17N5O2/c1-4-23-16-13(7-10(2)8-17-16)20-15(22)12-9-21-14(5-6-18-21)19-11(12)3/h5-9H,4H2,1-3H3,(H,20,22). The van der Waals surface area contributed by atoms with Crippen molar-refractivity contribution in [2.24, 2.45) is 0 Å². The number of aryl methyl sites for hydroxylation is 2. The monoisotopic (exact) mass is 311 g/mol. The van der Waals surface area contributed by atoms with E-state index in [4.69, 9.17) is 4.74 Å². The maximum absolute atomic E-state index is 12.6. The van der Waals surface area contributed by atoms with Gasteiger partial charge < -0.3 is 10.1 Å². The topological polar surface area (TPSA) is 81.4 Å².